The summed E-state index contributed by atoms with van der Waals surface area (Å²) in [7, 11) is 0. The first-order valence-corrected chi connectivity index (χ1v) is 7.90. The van der Waals surface area contributed by atoms with Gasteiger partial charge in [0.15, 0.2) is 0 Å². The predicted octanol–water partition coefficient (Wildman–Crippen LogP) is 5.04. The van der Waals surface area contributed by atoms with Crippen molar-refractivity contribution in [1.29, 1.82) is 0 Å². The van der Waals surface area contributed by atoms with Gasteiger partial charge in [0.25, 0.3) is 0 Å². The normalized spacial score (nSPS) is 34.5. The van der Waals surface area contributed by atoms with Crippen molar-refractivity contribution in [3.63, 3.8) is 0 Å². The highest BCUT2D eigenvalue weighted by Gasteiger charge is 2.53. The minimum absolute atomic E-state index is 0.169. The lowest BCUT2D eigenvalue weighted by Crippen LogP contribution is -2.25. The molecule has 1 saturated carbocycles. The van der Waals surface area contributed by atoms with E-state index in [1.165, 1.54) is 22.3 Å². The van der Waals surface area contributed by atoms with Gasteiger partial charge in [-0.2, -0.15) is 0 Å². The molecule has 2 bridgehead atoms. The van der Waals surface area contributed by atoms with Crippen molar-refractivity contribution >= 4 is 11.9 Å². The fourth-order valence-corrected chi connectivity index (χ4v) is 4.16. The molecule has 2 aliphatic rings. The lowest BCUT2D eigenvalue weighted by molar-refractivity contribution is -0.127. The third-order valence-electron chi connectivity index (χ3n) is 5.61. The van der Waals surface area contributed by atoms with Gasteiger partial charge in [0.1, 0.15) is 5.78 Å². The van der Waals surface area contributed by atoms with Crippen LogP contribution in [0.1, 0.15) is 46.1 Å². The minimum atomic E-state index is -0.304. The van der Waals surface area contributed by atoms with E-state index in [2.05, 4.69) is 58.0 Å². The number of carbonyl (C=O) groups is 1. The third kappa shape index (κ3) is 2.19. The van der Waals surface area contributed by atoms with Crippen molar-refractivity contribution in [2.24, 2.45) is 17.3 Å². The van der Waals surface area contributed by atoms with Gasteiger partial charge in [-0.05, 0) is 45.1 Å². The summed E-state index contributed by atoms with van der Waals surface area (Å²) in [5.74, 6) is 0.974. The zero-order valence-corrected chi connectivity index (χ0v) is 13.4. The number of carbonyl (C=O) groups excluding carboxylic acids is 1. The predicted molar refractivity (Wildman–Crippen MR) is 87.8 cm³/mol. The molecule has 1 nitrogen and oxygen atoms in total. The highest BCUT2D eigenvalue weighted by molar-refractivity contribution is 5.96. The Morgan fingerprint density at radius 3 is 2.48 bits per heavy atom. The minimum Gasteiger partial charge on any atom is -0.298 e. The van der Waals surface area contributed by atoms with Crippen LogP contribution in [0.15, 0.2) is 47.1 Å². The third-order valence-corrected chi connectivity index (χ3v) is 5.61. The molecule has 1 fully saturated rings. The van der Waals surface area contributed by atoms with Crippen molar-refractivity contribution in [3.8, 4) is 0 Å². The molecule has 3 atom stereocenters. The lowest BCUT2D eigenvalue weighted by Gasteiger charge is -2.27. The fourth-order valence-electron chi connectivity index (χ4n) is 4.16. The number of fused-ring (bicyclic) bond motifs is 2. The fraction of sp³-hybridized carbons (Fsp3) is 0.450. The van der Waals surface area contributed by atoms with Crippen LogP contribution in [0, 0.1) is 17.3 Å². The monoisotopic (exact) mass is 280 g/mol. The van der Waals surface area contributed by atoms with Crippen molar-refractivity contribution in [2.75, 3.05) is 0 Å². The summed E-state index contributed by atoms with van der Waals surface area (Å²) < 4.78 is 0. The molecule has 0 amide bonds. The Kier molecular flexibility index (Phi) is 3.39. The summed E-state index contributed by atoms with van der Waals surface area (Å²) in [5.41, 5.74) is 5.05. The van der Waals surface area contributed by atoms with Crippen LogP contribution >= 0.6 is 0 Å². The molecule has 0 aromatic heterocycles. The van der Waals surface area contributed by atoms with Crippen molar-refractivity contribution < 1.29 is 4.79 Å². The van der Waals surface area contributed by atoms with E-state index < -0.39 is 0 Å². The number of ketones is 1. The molecular weight excluding hydrogens is 256 g/mol. The second kappa shape index (κ2) is 4.98. The highest BCUT2D eigenvalue weighted by atomic mass is 16.1. The van der Waals surface area contributed by atoms with E-state index in [9.17, 15) is 4.79 Å². The second-order valence-electron chi connectivity index (χ2n) is 7.04. The van der Waals surface area contributed by atoms with E-state index in [-0.39, 0.29) is 11.3 Å². The van der Waals surface area contributed by atoms with Crippen molar-refractivity contribution in [3.05, 3.63) is 52.6 Å². The maximum atomic E-state index is 13.0. The summed E-state index contributed by atoms with van der Waals surface area (Å²) in [4.78, 5) is 13.0. The first-order chi connectivity index (χ1) is 9.93. The van der Waals surface area contributed by atoms with Crippen LogP contribution in [0.25, 0.3) is 6.08 Å². The number of allylic oxidation sites excluding steroid dienone is 3. The van der Waals surface area contributed by atoms with Gasteiger partial charge in [0.2, 0.25) is 0 Å². The van der Waals surface area contributed by atoms with Crippen LogP contribution in [0.3, 0.4) is 0 Å². The molecule has 0 heterocycles. The molecule has 0 spiro atoms. The van der Waals surface area contributed by atoms with Crippen LogP contribution in [0.5, 0.6) is 0 Å². The van der Waals surface area contributed by atoms with Crippen LogP contribution < -0.4 is 0 Å². The van der Waals surface area contributed by atoms with E-state index >= 15 is 0 Å². The van der Waals surface area contributed by atoms with Crippen molar-refractivity contribution in [2.45, 2.75) is 40.5 Å². The van der Waals surface area contributed by atoms with Crippen LogP contribution in [-0.4, -0.2) is 5.78 Å². The van der Waals surface area contributed by atoms with Crippen LogP contribution in [0.4, 0.5) is 0 Å². The molecule has 0 unspecified atom stereocenters. The molecule has 1 aromatic rings. The quantitative estimate of drug-likeness (QED) is 0.658. The number of hydrogen-bond donors (Lipinski definition) is 0. The Morgan fingerprint density at radius 1 is 1.14 bits per heavy atom. The van der Waals surface area contributed by atoms with E-state index in [4.69, 9.17) is 0 Å². The molecular formula is C20H24O. The van der Waals surface area contributed by atoms with Crippen molar-refractivity contribution in [1.82, 2.24) is 0 Å². The first kappa shape index (κ1) is 14.3. The number of rotatable bonds is 1. The van der Waals surface area contributed by atoms with Gasteiger partial charge in [0, 0.05) is 5.92 Å². The Balaban J connectivity index is 2.11. The molecule has 0 saturated heterocycles. The lowest BCUT2D eigenvalue weighted by atomic mass is 9.75. The van der Waals surface area contributed by atoms with Gasteiger partial charge in [-0.3, -0.25) is 4.79 Å². The number of hydrogen-bond acceptors (Lipinski definition) is 1. The Hall–Kier alpha value is -1.63. The van der Waals surface area contributed by atoms with E-state index in [0.29, 0.717) is 11.7 Å². The van der Waals surface area contributed by atoms with Gasteiger partial charge in [0.05, 0.1) is 5.41 Å². The Morgan fingerprint density at radius 2 is 1.81 bits per heavy atom. The molecule has 3 rings (SSSR count). The molecule has 0 aliphatic heterocycles. The Labute approximate surface area is 127 Å². The smallest absolute Gasteiger partial charge is 0.147 e. The van der Waals surface area contributed by atoms with E-state index in [1.807, 2.05) is 6.07 Å². The van der Waals surface area contributed by atoms with Gasteiger partial charge in [-0.25, -0.2) is 0 Å². The second-order valence-corrected chi connectivity index (χ2v) is 7.04. The summed E-state index contributed by atoms with van der Waals surface area (Å²) in [5, 5.41) is 0. The zero-order chi connectivity index (χ0) is 15.2. The molecule has 0 N–H and O–H groups in total. The van der Waals surface area contributed by atoms with Gasteiger partial charge >= 0.3 is 0 Å². The molecule has 1 aromatic carbocycles. The summed E-state index contributed by atoms with van der Waals surface area (Å²) >= 11 is 0. The van der Waals surface area contributed by atoms with Gasteiger partial charge in [-0.15, -0.1) is 0 Å². The zero-order valence-electron chi connectivity index (χ0n) is 13.4. The molecule has 2 aliphatic carbocycles. The number of benzene rings is 1. The SMILES string of the molecule is CC1=C(C)C[C@@]2(C)C(=O)[C@H](C1)[C@H](C)/C2=C/c1ccccc1. The molecule has 1 heteroatoms. The maximum absolute atomic E-state index is 13.0. The van der Waals surface area contributed by atoms with Crippen LogP contribution in [-0.2, 0) is 4.79 Å². The van der Waals surface area contributed by atoms with Crippen LogP contribution in [0.2, 0.25) is 0 Å². The maximum Gasteiger partial charge on any atom is 0.147 e. The molecule has 110 valence electrons. The average molecular weight is 280 g/mol. The van der Waals surface area contributed by atoms with E-state index in [1.54, 1.807) is 0 Å². The summed E-state index contributed by atoms with van der Waals surface area (Å²) in [6.45, 7) is 8.78. The van der Waals surface area contributed by atoms with Gasteiger partial charge in [-0.1, -0.05) is 60.1 Å². The summed E-state index contributed by atoms with van der Waals surface area (Å²) in [6, 6.07) is 10.4. The molecule has 0 radical (unpaired) electrons. The van der Waals surface area contributed by atoms with E-state index in [0.717, 1.165) is 12.8 Å². The topological polar surface area (TPSA) is 17.1 Å². The number of Topliss-reactive ketones (excluding diaryl/α,β-unsaturated/α-hetero) is 1. The average Bonchev–Trinajstić information content (AvgIpc) is 2.58. The Bertz CT molecular complexity index is 635. The summed E-state index contributed by atoms with van der Waals surface area (Å²) in [6.07, 6.45) is 4.08. The largest absolute Gasteiger partial charge is 0.298 e. The first-order valence-electron chi connectivity index (χ1n) is 7.90. The standard InChI is InChI=1S/C20H24O/c1-13-10-17-15(3)18(11-16-8-6-5-7-9-16)20(4,19(17)21)12-14(13)2/h5-9,11,15,17H,10,12H2,1-4H3/b18-11-/t15-,17+,20+/m0/s1. The van der Waals surface area contributed by atoms with Gasteiger partial charge < -0.3 is 0 Å². The highest BCUT2D eigenvalue weighted by Crippen LogP contribution is 2.55. The molecule has 21 heavy (non-hydrogen) atoms.